The summed E-state index contributed by atoms with van der Waals surface area (Å²) in [5.41, 5.74) is -0.00896. The standard InChI is InChI=1S/C14H17FN2O3S/c15-11-5-10(6-12(7-11)21(16,19)20)14(18)17-13(8-1-2-8)9-3-4-9/h5-9,13H,1-4H2,(H,17,18)(H2,16,19,20). The number of amides is 1. The van der Waals surface area contributed by atoms with Crippen LogP contribution in [0.15, 0.2) is 23.1 Å². The number of nitrogens with one attached hydrogen (secondary N) is 1. The first kappa shape index (κ1) is 14.5. The van der Waals surface area contributed by atoms with Crippen molar-refractivity contribution in [2.24, 2.45) is 17.0 Å². The molecule has 3 rings (SSSR count). The predicted octanol–water partition coefficient (Wildman–Crippen LogP) is 1.39. The maximum atomic E-state index is 13.5. The Balaban J connectivity index is 1.82. The molecule has 0 aromatic heterocycles. The molecule has 7 heteroatoms. The Labute approximate surface area is 122 Å². The van der Waals surface area contributed by atoms with Gasteiger partial charge in [-0.25, -0.2) is 17.9 Å². The zero-order chi connectivity index (χ0) is 15.2. The number of sulfonamides is 1. The van der Waals surface area contributed by atoms with E-state index in [2.05, 4.69) is 5.32 Å². The van der Waals surface area contributed by atoms with E-state index in [-0.39, 0.29) is 16.5 Å². The first-order valence-corrected chi connectivity index (χ1v) is 8.53. The minimum atomic E-state index is -4.04. The first-order chi connectivity index (χ1) is 9.84. The number of hydrogen-bond donors (Lipinski definition) is 2. The molecule has 2 aliphatic rings. The lowest BCUT2D eigenvalue weighted by Gasteiger charge is -2.17. The van der Waals surface area contributed by atoms with E-state index in [0.717, 1.165) is 43.9 Å². The Morgan fingerprint density at radius 3 is 2.24 bits per heavy atom. The van der Waals surface area contributed by atoms with Crippen molar-refractivity contribution in [3.63, 3.8) is 0 Å². The van der Waals surface area contributed by atoms with Crippen LogP contribution < -0.4 is 10.5 Å². The fraction of sp³-hybridized carbons (Fsp3) is 0.500. The van der Waals surface area contributed by atoms with Crippen molar-refractivity contribution in [3.05, 3.63) is 29.6 Å². The summed E-state index contributed by atoms with van der Waals surface area (Å²) in [5.74, 6) is -0.218. The first-order valence-electron chi connectivity index (χ1n) is 6.99. The fourth-order valence-electron chi connectivity index (χ4n) is 2.62. The Morgan fingerprint density at radius 2 is 1.76 bits per heavy atom. The summed E-state index contributed by atoms with van der Waals surface area (Å²) >= 11 is 0. The van der Waals surface area contributed by atoms with Gasteiger partial charge in [-0.1, -0.05) is 0 Å². The van der Waals surface area contributed by atoms with Gasteiger partial charge in [-0.05, 0) is 55.7 Å². The molecule has 1 aromatic carbocycles. The summed E-state index contributed by atoms with van der Waals surface area (Å²) in [6.07, 6.45) is 4.42. The SMILES string of the molecule is NS(=O)(=O)c1cc(F)cc(C(=O)NC(C2CC2)C2CC2)c1. The molecule has 2 fully saturated rings. The second kappa shape index (κ2) is 5.06. The molecule has 5 nitrogen and oxygen atoms in total. The summed E-state index contributed by atoms with van der Waals surface area (Å²) in [5, 5.41) is 7.91. The van der Waals surface area contributed by atoms with Gasteiger partial charge < -0.3 is 5.32 Å². The largest absolute Gasteiger partial charge is 0.349 e. The van der Waals surface area contributed by atoms with Gasteiger partial charge in [0.15, 0.2) is 0 Å². The van der Waals surface area contributed by atoms with Crippen molar-refractivity contribution in [2.75, 3.05) is 0 Å². The molecule has 0 radical (unpaired) electrons. The molecule has 0 unspecified atom stereocenters. The molecule has 0 saturated heterocycles. The van der Waals surface area contributed by atoms with E-state index in [0.29, 0.717) is 11.8 Å². The van der Waals surface area contributed by atoms with E-state index >= 15 is 0 Å². The van der Waals surface area contributed by atoms with Crippen LogP contribution in [-0.4, -0.2) is 20.4 Å². The van der Waals surface area contributed by atoms with Gasteiger partial charge in [-0.2, -0.15) is 0 Å². The predicted molar refractivity (Wildman–Crippen MR) is 74.5 cm³/mol. The number of carbonyl (C=O) groups is 1. The van der Waals surface area contributed by atoms with Crippen molar-refractivity contribution in [2.45, 2.75) is 36.6 Å². The van der Waals surface area contributed by atoms with Crippen LogP contribution in [-0.2, 0) is 10.0 Å². The second-order valence-electron chi connectivity index (χ2n) is 5.89. The van der Waals surface area contributed by atoms with Crippen LogP contribution in [0.1, 0.15) is 36.0 Å². The van der Waals surface area contributed by atoms with E-state index < -0.39 is 21.7 Å². The van der Waals surface area contributed by atoms with E-state index in [9.17, 15) is 17.6 Å². The second-order valence-corrected chi connectivity index (χ2v) is 7.46. The van der Waals surface area contributed by atoms with Gasteiger partial charge in [-0.15, -0.1) is 0 Å². The van der Waals surface area contributed by atoms with Gasteiger partial charge in [0.05, 0.1) is 4.90 Å². The number of primary sulfonamides is 1. The highest BCUT2D eigenvalue weighted by Gasteiger charge is 2.42. The van der Waals surface area contributed by atoms with E-state index in [1.165, 1.54) is 0 Å². The molecular weight excluding hydrogens is 295 g/mol. The van der Waals surface area contributed by atoms with E-state index in [1.54, 1.807) is 0 Å². The number of carbonyl (C=O) groups excluding carboxylic acids is 1. The Kier molecular flexibility index (Phi) is 3.49. The molecule has 0 bridgehead atoms. The molecule has 0 aliphatic heterocycles. The quantitative estimate of drug-likeness (QED) is 0.861. The Morgan fingerprint density at radius 1 is 1.19 bits per heavy atom. The van der Waals surface area contributed by atoms with Crippen molar-refractivity contribution >= 4 is 15.9 Å². The minimum absolute atomic E-state index is 0.00896. The Bertz CT molecular complexity index is 669. The lowest BCUT2D eigenvalue weighted by molar-refractivity contribution is 0.0925. The lowest BCUT2D eigenvalue weighted by Crippen LogP contribution is -2.38. The monoisotopic (exact) mass is 312 g/mol. The lowest BCUT2D eigenvalue weighted by atomic mass is 10.1. The molecule has 1 aromatic rings. The third-order valence-corrected chi connectivity index (χ3v) is 4.91. The molecule has 0 heterocycles. The van der Waals surface area contributed by atoms with Crippen molar-refractivity contribution < 1.29 is 17.6 Å². The van der Waals surface area contributed by atoms with Gasteiger partial charge in [0, 0.05) is 11.6 Å². The van der Waals surface area contributed by atoms with E-state index in [4.69, 9.17) is 5.14 Å². The zero-order valence-electron chi connectivity index (χ0n) is 11.4. The summed E-state index contributed by atoms with van der Waals surface area (Å²) in [4.78, 5) is 11.9. The normalized spacial score (nSPS) is 18.8. The Hall–Kier alpha value is -1.47. The van der Waals surface area contributed by atoms with Crippen molar-refractivity contribution in [1.29, 1.82) is 0 Å². The fourth-order valence-corrected chi connectivity index (χ4v) is 3.19. The summed E-state index contributed by atoms with van der Waals surface area (Å²) in [7, 11) is -4.04. The highest BCUT2D eigenvalue weighted by Crippen LogP contribution is 2.44. The number of benzene rings is 1. The van der Waals surface area contributed by atoms with Crippen LogP contribution in [0.3, 0.4) is 0 Å². The van der Waals surface area contributed by atoms with Gasteiger partial charge in [-0.3, -0.25) is 4.79 Å². The number of nitrogens with two attached hydrogens (primary N) is 1. The molecule has 2 saturated carbocycles. The third kappa shape index (κ3) is 3.41. The number of halogens is 1. The maximum absolute atomic E-state index is 13.5. The van der Waals surface area contributed by atoms with E-state index in [1.807, 2.05) is 0 Å². The maximum Gasteiger partial charge on any atom is 0.251 e. The topological polar surface area (TPSA) is 89.3 Å². The molecule has 21 heavy (non-hydrogen) atoms. The van der Waals surface area contributed by atoms with Gasteiger partial charge in [0.1, 0.15) is 5.82 Å². The van der Waals surface area contributed by atoms with Crippen LogP contribution >= 0.6 is 0 Å². The smallest absolute Gasteiger partial charge is 0.251 e. The van der Waals surface area contributed by atoms with Gasteiger partial charge in [0.25, 0.3) is 5.91 Å². The molecule has 1 amide bonds. The average Bonchev–Trinajstić information content (AvgIpc) is 3.26. The van der Waals surface area contributed by atoms with Gasteiger partial charge >= 0.3 is 0 Å². The van der Waals surface area contributed by atoms with Gasteiger partial charge in [0.2, 0.25) is 10.0 Å². The summed E-state index contributed by atoms with van der Waals surface area (Å²) in [6.45, 7) is 0. The van der Waals surface area contributed by atoms with Crippen molar-refractivity contribution in [3.8, 4) is 0 Å². The molecule has 114 valence electrons. The highest BCUT2D eigenvalue weighted by atomic mass is 32.2. The van der Waals surface area contributed by atoms with Crippen LogP contribution in [0.25, 0.3) is 0 Å². The van der Waals surface area contributed by atoms with Crippen LogP contribution in [0.4, 0.5) is 4.39 Å². The third-order valence-electron chi connectivity index (χ3n) is 4.02. The zero-order valence-corrected chi connectivity index (χ0v) is 12.2. The molecule has 2 aliphatic carbocycles. The molecule has 3 N–H and O–H groups in total. The van der Waals surface area contributed by atoms with Crippen LogP contribution in [0.5, 0.6) is 0 Å². The van der Waals surface area contributed by atoms with Crippen LogP contribution in [0.2, 0.25) is 0 Å². The van der Waals surface area contributed by atoms with Crippen LogP contribution in [0, 0.1) is 17.7 Å². The molecular formula is C14H17FN2O3S. The summed E-state index contributed by atoms with van der Waals surface area (Å²) < 4.78 is 36.1. The van der Waals surface area contributed by atoms with Crippen molar-refractivity contribution in [1.82, 2.24) is 5.32 Å². The highest BCUT2D eigenvalue weighted by molar-refractivity contribution is 7.89. The average molecular weight is 312 g/mol. The molecule has 0 spiro atoms. The minimum Gasteiger partial charge on any atom is -0.349 e. The summed E-state index contributed by atoms with van der Waals surface area (Å²) in [6, 6.07) is 3.08. The number of hydrogen-bond acceptors (Lipinski definition) is 3. The molecule has 0 atom stereocenters. The number of rotatable bonds is 5.